The lowest BCUT2D eigenvalue weighted by Crippen LogP contribution is -2.37. The molecule has 0 heterocycles. The molecule has 0 saturated carbocycles. The van der Waals surface area contributed by atoms with Crippen molar-refractivity contribution in [3.8, 4) is 0 Å². The molecule has 0 spiro atoms. The van der Waals surface area contributed by atoms with E-state index in [1.54, 1.807) is 0 Å². The molecule has 2 unspecified atom stereocenters. The Morgan fingerprint density at radius 1 is 0.577 bits per heavy atom. The number of ether oxygens (including phenoxy) is 2. The topological polar surface area (TPSA) is 91.3 Å². The lowest BCUT2D eigenvalue weighted by molar-refractivity contribution is -0.870. The molecule has 0 aromatic heterocycles. The molecular formula is C43H85NO7P+. The number of hydrogen-bond donors (Lipinski definition) is 1. The molecule has 0 saturated heterocycles. The number of hydrogen-bond acceptors (Lipinski definition) is 6. The predicted octanol–water partition coefficient (Wildman–Crippen LogP) is 12.4. The Morgan fingerprint density at radius 2 is 1.00 bits per heavy atom. The molecule has 308 valence electrons. The normalized spacial score (nSPS) is 14.0. The fourth-order valence-electron chi connectivity index (χ4n) is 5.84. The second kappa shape index (κ2) is 36.9. The van der Waals surface area contributed by atoms with Crippen LogP contribution in [0, 0.1) is 0 Å². The zero-order valence-corrected chi connectivity index (χ0v) is 35.7. The molecule has 2 atom stereocenters. The number of rotatable bonds is 40. The summed E-state index contributed by atoms with van der Waals surface area (Å²) in [4.78, 5) is 22.8. The first kappa shape index (κ1) is 51.0. The monoisotopic (exact) mass is 759 g/mol. The highest BCUT2D eigenvalue weighted by atomic mass is 31.2. The Morgan fingerprint density at radius 3 is 1.48 bits per heavy atom. The fourth-order valence-corrected chi connectivity index (χ4v) is 6.58. The average Bonchev–Trinajstić information content (AvgIpc) is 3.09. The first-order chi connectivity index (χ1) is 25.1. The van der Waals surface area contributed by atoms with Crippen molar-refractivity contribution >= 4 is 13.8 Å². The van der Waals surface area contributed by atoms with Crippen LogP contribution in [0.25, 0.3) is 0 Å². The molecule has 0 aliphatic carbocycles. The van der Waals surface area contributed by atoms with Crippen LogP contribution in [0.3, 0.4) is 0 Å². The first-order valence-corrected chi connectivity index (χ1v) is 23.1. The van der Waals surface area contributed by atoms with E-state index in [9.17, 15) is 14.3 Å². The molecule has 52 heavy (non-hydrogen) atoms. The van der Waals surface area contributed by atoms with E-state index in [1.807, 2.05) is 21.1 Å². The summed E-state index contributed by atoms with van der Waals surface area (Å²) in [6.07, 6.45) is 40.6. The zero-order chi connectivity index (χ0) is 38.4. The molecule has 0 bridgehead atoms. The van der Waals surface area contributed by atoms with E-state index in [4.69, 9.17) is 18.5 Å². The highest BCUT2D eigenvalue weighted by molar-refractivity contribution is 7.47. The fraction of sp³-hybridized carbons (Fsp3) is 0.884. The summed E-state index contributed by atoms with van der Waals surface area (Å²) in [7, 11) is 1.66. The largest absolute Gasteiger partial charge is 0.472 e. The molecule has 0 fully saturated rings. The lowest BCUT2D eigenvalue weighted by Gasteiger charge is -2.24. The van der Waals surface area contributed by atoms with Crippen molar-refractivity contribution in [3.63, 3.8) is 0 Å². The molecule has 0 aliphatic rings. The van der Waals surface area contributed by atoms with E-state index < -0.39 is 13.9 Å². The Labute approximate surface area is 322 Å². The van der Waals surface area contributed by atoms with E-state index in [0.717, 1.165) is 44.9 Å². The van der Waals surface area contributed by atoms with Gasteiger partial charge >= 0.3 is 13.8 Å². The summed E-state index contributed by atoms with van der Waals surface area (Å²) < 4.78 is 34.9. The number of likely N-dealkylation sites (N-methyl/N-ethyl adjacent to an activating group) is 1. The maximum atomic E-state index is 12.7. The van der Waals surface area contributed by atoms with Crippen molar-refractivity contribution in [1.82, 2.24) is 0 Å². The van der Waals surface area contributed by atoms with Crippen molar-refractivity contribution in [2.24, 2.45) is 0 Å². The summed E-state index contributed by atoms with van der Waals surface area (Å²) in [6.45, 7) is 5.59. The van der Waals surface area contributed by atoms with Gasteiger partial charge in [-0.3, -0.25) is 13.8 Å². The number of allylic oxidation sites excluding steroid dienone is 4. The first-order valence-electron chi connectivity index (χ1n) is 21.6. The molecule has 8 nitrogen and oxygen atoms in total. The number of quaternary nitrogens is 1. The van der Waals surface area contributed by atoms with Gasteiger partial charge in [0.2, 0.25) is 0 Å². The van der Waals surface area contributed by atoms with E-state index in [2.05, 4.69) is 38.2 Å². The smallest absolute Gasteiger partial charge is 0.457 e. The number of carbonyl (C=O) groups excluding carboxylic acids is 1. The van der Waals surface area contributed by atoms with Crippen LogP contribution in [0.1, 0.15) is 187 Å². The highest BCUT2D eigenvalue weighted by Crippen LogP contribution is 2.43. The van der Waals surface area contributed by atoms with E-state index in [1.165, 1.54) is 122 Å². The number of unbranched alkanes of at least 4 members (excludes halogenated alkanes) is 22. The molecule has 0 amide bonds. The molecule has 0 rings (SSSR count). The van der Waals surface area contributed by atoms with Crippen LogP contribution in [-0.2, 0) is 27.9 Å². The maximum Gasteiger partial charge on any atom is 0.472 e. The standard InChI is InChI=1S/C43H84NO7P/c1-6-8-10-12-14-16-18-20-22-23-24-26-28-30-32-34-36-43(45)51-42(41-50-52(46,47)49-39-37-44(3,4)5)40-48-38-35-33-31-29-27-25-21-19-17-15-13-11-9-7-2/h17,19,22-23,42H,6-16,18,20-21,24-41H2,1-5H3/p+1/b19-17-,23-22-. The Balaban J connectivity index is 4.26. The molecule has 0 aliphatic heterocycles. The van der Waals surface area contributed by atoms with Crippen LogP contribution >= 0.6 is 7.82 Å². The van der Waals surface area contributed by atoms with Gasteiger partial charge in [-0.05, 0) is 64.2 Å². The maximum absolute atomic E-state index is 12.7. The quantitative estimate of drug-likeness (QED) is 0.0219. The van der Waals surface area contributed by atoms with Gasteiger partial charge in [0.15, 0.2) is 0 Å². The van der Waals surface area contributed by atoms with Gasteiger partial charge in [-0.15, -0.1) is 0 Å². The van der Waals surface area contributed by atoms with Crippen molar-refractivity contribution in [1.29, 1.82) is 0 Å². The Bertz CT molecular complexity index is 889. The number of esters is 1. The molecule has 0 radical (unpaired) electrons. The zero-order valence-electron chi connectivity index (χ0n) is 34.8. The Kier molecular flexibility index (Phi) is 36.2. The molecule has 0 aromatic rings. The van der Waals surface area contributed by atoms with E-state index in [-0.39, 0.29) is 25.8 Å². The van der Waals surface area contributed by atoms with Gasteiger partial charge in [0.1, 0.15) is 19.3 Å². The third-order valence-electron chi connectivity index (χ3n) is 9.24. The van der Waals surface area contributed by atoms with Crippen molar-refractivity contribution in [2.45, 2.75) is 193 Å². The van der Waals surface area contributed by atoms with Crippen molar-refractivity contribution in [2.75, 3.05) is 54.1 Å². The highest BCUT2D eigenvalue weighted by Gasteiger charge is 2.26. The van der Waals surface area contributed by atoms with Gasteiger partial charge < -0.3 is 18.9 Å². The van der Waals surface area contributed by atoms with Gasteiger partial charge in [-0.25, -0.2) is 4.57 Å². The second-order valence-corrected chi connectivity index (χ2v) is 17.2. The van der Waals surface area contributed by atoms with Gasteiger partial charge in [-0.1, -0.05) is 141 Å². The predicted molar refractivity (Wildman–Crippen MR) is 220 cm³/mol. The number of carbonyl (C=O) groups is 1. The molecule has 1 N–H and O–H groups in total. The summed E-state index contributed by atoms with van der Waals surface area (Å²) in [5.74, 6) is -0.324. The second-order valence-electron chi connectivity index (χ2n) is 15.7. The van der Waals surface area contributed by atoms with Gasteiger partial charge in [0.05, 0.1) is 34.4 Å². The summed E-state index contributed by atoms with van der Waals surface area (Å²) in [5, 5.41) is 0. The number of phosphoric ester groups is 1. The number of phosphoric acid groups is 1. The number of nitrogens with zero attached hydrogens (tertiary/aromatic N) is 1. The van der Waals surface area contributed by atoms with Crippen molar-refractivity contribution in [3.05, 3.63) is 24.3 Å². The molecular weight excluding hydrogens is 673 g/mol. The van der Waals surface area contributed by atoms with Crippen LogP contribution in [-0.4, -0.2) is 75.6 Å². The van der Waals surface area contributed by atoms with Gasteiger partial charge in [-0.2, -0.15) is 0 Å². The van der Waals surface area contributed by atoms with Crippen LogP contribution in [0.5, 0.6) is 0 Å². The van der Waals surface area contributed by atoms with Crippen LogP contribution in [0.4, 0.5) is 0 Å². The summed E-state index contributed by atoms with van der Waals surface area (Å²) >= 11 is 0. The molecule has 0 aromatic carbocycles. The SMILES string of the molecule is CCCCCC/C=C\CCCCCCCCOCC(COP(=O)(O)OCC[N+](C)(C)C)OC(=O)CCCCCCC/C=C\CCCCCCCCC. The van der Waals surface area contributed by atoms with Gasteiger partial charge in [0, 0.05) is 13.0 Å². The van der Waals surface area contributed by atoms with Crippen LogP contribution in [0.15, 0.2) is 24.3 Å². The lowest BCUT2D eigenvalue weighted by atomic mass is 10.1. The van der Waals surface area contributed by atoms with Crippen molar-refractivity contribution < 1.29 is 37.3 Å². The average molecular weight is 759 g/mol. The Hall–Kier alpha value is -1.02. The minimum atomic E-state index is -4.27. The van der Waals surface area contributed by atoms with E-state index >= 15 is 0 Å². The minimum absolute atomic E-state index is 0.0869. The van der Waals surface area contributed by atoms with Crippen LogP contribution < -0.4 is 0 Å². The summed E-state index contributed by atoms with van der Waals surface area (Å²) in [5.41, 5.74) is 0. The minimum Gasteiger partial charge on any atom is -0.457 e. The molecule has 9 heteroatoms. The van der Waals surface area contributed by atoms with E-state index in [0.29, 0.717) is 24.1 Å². The van der Waals surface area contributed by atoms with Crippen LogP contribution in [0.2, 0.25) is 0 Å². The summed E-state index contributed by atoms with van der Waals surface area (Å²) in [6, 6.07) is 0. The third kappa shape index (κ3) is 40.2. The van der Waals surface area contributed by atoms with Gasteiger partial charge in [0.25, 0.3) is 0 Å². The third-order valence-corrected chi connectivity index (χ3v) is 10.2.